The van der Waals surface area contributed by atoms with Gasteiger partial charge in [0.1, 0.15) is 5.01 Å². The second-order valence-electron chi connectivity index (χ2n) is 5.97. The fourth-order valence-corrected chi connectivity index (χ4v) is 3.10. The van der Waals surface area contributed by atoms with E-state index in [0.29, 0.717) is 16.6 Å². The lowest BCUT2D eigenvalue weighted by Gasteiger charge is -2.07. The molecule has 128 valence electrons. The highest BCUT2D eigenvalue weighted by Gasteiger charge is 2.11. The van der Waals surface area contributed by atoms with Gasteiger partial charge in [-0.15, -0.1) is 10.2 Å². The van der Waals surface area contributed by atoms with Gasteiger partial charge >= 0.3 is 0 Å². The molecule has 0 aliphatic carbocycles. The molecular formula is C17H22N4O2S. The maximum absolute atomic E-state index is 12.0. The monoisotopic (exact) mass is 346 g/mol. The Morgan fingerprint density at radius 2 is 1.96 bits per heavy atom. The maximum Gasteiger partial charge on any atom is 0.251 e. The Balaban J connectivity index is 1.76. The molecule has 2 amide bonds. The molecule has 0 saturated heterocycles. The number of aryl methyl sites for hydroxylation is 1. The summed E-state index contributed by atoms with van der Waals surface area (Å²) in [5.41, 5.74) is 1.53. The Hall–Kier alpha value is -2.28. The number of carbonyl (C=O) groups excluding carboxylic acids is 2. The minimum absolute atomic E-state index is 0.170. The third-order valence-electron chi connectivity index (χ3n) is 3.32. The molecule has 0 fully saturated rings. The average Bonchev–Trinajstić information content (AvgIpc) is 2.93. The summed E-state index contributed by atoms with van der Waals surface area (Å²) in [5.74, 6) is 0.140. The highest BCUT2D eigenvalue weighted by Crippen LogP contribution is 2.18. The van der Waals surface area contributed by atoms with Crippen molar-refractivity contribution in [2.24, 2.45) is 5.92 Å². The van der Waals surface area contributed by atoms with Gasteiger partial charge in [0, 0.05) is 24.9 Å². The van der Waals surface area contributed by atoms with Gasteiger partial charge < -0.3 is 10.6 Å². The molecule has 0 aliphatic heterocycles. The van der Waals surface area contributed by atoms with Crippen LogP contribution in [0.3, 0.4) is 0 Å². The molecule has 2 N–H and O–H groups in total. The van der Waals surface area contributed by atoms with Gasteiger partial charge in [-0.1, -0.05) is 43.4 Å². The molecule has 0 bridgehead atoms. The van der Waals surface area contributed by atoms with Crippen LogP contribution in [0.1, 0.15) is 41.2 Å². The summed E-state index contributed by atoms with van der Waals surface area (Å²) in [5, 5.41) is 14.9. The number of nitrogens with one attached hydrogen (secondary N) is 2. The van der Waals surface area contributed by atoms with Crippen LogP contribution >= 0.6 is 11.3 Å². The summed E-state index contributed by atoms with van der Waals surface area (Å²) in [6.45, 7) is 6.37. The third-order valence-corrected chi connectivity index (χ3v) is 4.18. The van der Waals surface area contributed by atoms with E-state index in [0.717, 1.165) is 17.0 Å². The van der Waals surface area contributed by atoms with E-state index >= 15 is 0 Å². The van der Waals surface area contributed by atoms with Gasteiger partial charge in [0.15, 0.2) is 0 Å². The molecule has 0 aliphatic rings. The highest BCUT2D eigenvalue weighted by atomic mass is 32.1. The number of aromatic nitrogens is 2. The molecule has 0 atom stereocenters. The largest absolute Gasteiger partial charge is 0.352 e. The van der Waals surface area contributed by atoms with E-state index in [1.165, 1.54) is 11.3 Å². The Morgan fingerprint density at radius 1 is 1.21 bits per heavy atom. The van der Waals surface area contributed by atoms with Crippen molar-refractivity contribution in [1.82, 2.24) is 15.5 Å². The van der Waals surface area contributed by atoms with Crippen molar-refractivity contribution in [3.63, 3.8) is 0 Å². The van der Waals surface area contributed by atoms with Crippen LogP contribution in [0.2, 0.25) is 0 Å². The quantitative estimate of drug-likeness (QED) is 0.807. The summed E-state index contributed by atoms with van der Waals surface area (Å²) in [7, 11) is 0. The van der Waals surface area contributed by atoms with Gasteiger partial charge in [0.05, 0.1) is 0 Å². The number of amides is 2. The van der Waals surface area contributed by atoms with Gasteiger partial charge in [-0.05, 0) is 24.5 Å². The first kappa shape index (κ1) is 18.1. The number of nitrogens with zero attached hydrogens (tertiary/aromatic N) is 2. The summed E-state index contributed by atoms with van der Waals surface area (Å²) in [6.07, 6.45) is 1.04. The molecule has 2 rings (SSSR count). The SMILES string of the molecule is Cc1ccccc1C(=O)NCCC(=O)Nc1nnc(CC(C)C)s1. The lowest BCUT2D eigenvalue weighted by Crippen LogP contribution is -2.28. The zero-order valence-corrected chi connectivity index (χ0v) is 14.9. The van der Waals surface area contributed by atoms with E-state index in [2.05, 4.69) is 34.7 Å². The molecule has 0 unspecified atom stereocenters. The van der Waals surface area contributed by atoms with Gasteiger partial charge in [-0.25, -0.2) is 0 Å². The number of carbonyl (C=O) groups is 2. The Kier molecular flexibility index (Phi) is 6.43. The van der Waals surface area contributed by atoms with Gasteiger partial charge in [-0.3, -0.25) is 9.59 Å². The highest BCUT2D eigenvalue weighted by molar-refractivity contribution is 7.15. The van der Waals surface area contributed by atoms with E-state index in [9.17, 15) is 9.59 Å². The third kappa shape index (κ3) is 5.42. The fourth-order valence-electron chi connectivity index (χ4n) is 2.13. The van der Waals surface area contributed by atoms with Crippen LogP contribution in [0.4, 0.5) is 5.13 Å². The zero-order valence-electron chi connectivity index (χ0n) is 14.1. The van der Waals surface area contributed by atoms with Gasteiger partial charge in [0.2, 0.25) is 11.0 Å². The van der Waals surface area contributed by atoms with Crippen LogP contribution in [-0.4, -0.2) is 28.6 Å². The van der Waals surface area contributed by atoms with Crippen molar-refractivity contribution in [1.29, 1.82) is 0 Å². The first-order valence-corrected chi connectivity index (χ1v) is 8.73. The van der Waals surface area contributed by atoms with Crippen molar-refractivity contribution in [3.8, 4) is 0 Å². The zero-order chi connectivity index (χ0) is 17.5. The predicted octanol–water partition coefficient (Wildman–Crippen LogP) is 2.80. The summed E-state index contributed by atoms with van der Waals surface area (Å²) >= 11 is 1.39. The van der Waals surface area contributed by atoms with Crippen LogP contribution in [-0.2, 0) is 11.2 Å². The van der Waals surface area contributed by atoms with Crippen LogP contribution in [0.15, 0.2) is 24.3 Å². The first-order valence-electron chi connectivity index (χ1n) is 7.91. The Labute approximate surface area is 145 Å². The smallest absolute Gasteiger partial charge is 0.251 e. The minimum Gasteiger partial charge on any atom is -0.352 e. The second-order valence-corrected chi connectivity index (χ2v) is 7.03. The predicted molar refractivity (Wildman–Crippen MR) is 95.2 cm³/mol. The Bertz CT molecular complexity index is 712. The molecule has 0 spiro atoms. The van der Waals surface area contributed by atoms with E-state index in [-0.39, 0.29) is 24.8 Å². The van der Waals surface area contributed by atoms with Crippen LogP contribution in [0, 0.1) is 12.8 Å². The van der Waals surface area contributed by atoms with Crippen LogP contribution < -0.4 is 10.6 Å². The lowest BCUT2D eigenvalue weighted by molar-refractivity contribution is -0.116. The summed E-state index contributed by atoms with van der Waals surface area (Å²) in [4.78, 5) is 24.0. The molecule has 0 radical (unpaired) electrons. The second kappa shape index (κ2) is 8.54. The number of benzene rings is 1. The summed E-state index contributed by atoms with van der Waals surface area (Å²) < 4.78 is 0. The van der Waals surface area contributed by atoms with Crippen molar-refractivity contribution < 1.29 is 9.59 Å². The van der Waals surface area contributed by atoms with E-state index in [1.807, 2.05) is 25.1 Å². The maximum atomic E-state index is 12.0. The minimum atomic E-state index is -0.188. The van der Waals surface area contributed by atoms with E-state index < -0.39 is 0 Å². The lowest BCUT2D eigenvalue weighted by atomic mass is 10.1. The van der Waals surface area contributed by atoms with Crippen LogP contribution in [0.5, 0.6) is 0 Å². The van der Waals surface area contributed by atoms with E-state index in [4.69, 9.17) is 0 Å². The van der Waals surface area contributed by atoms with Crippen molar-refractivity contribution in [3.05, 3.63) is 40.4 Å². The normalized spacial score (nSPS) is 10.7. The molecule has 1 aromatic heterocycles. The molecule has 7 heteroatoms. The molecule has 1 aromatic carbocycles. The molecule has 1 heterocycles. The van der Waals surface area contributed by atoms with Crippen molar-refractivity contribution >= 4 is 28.3 Å². The van der Waals surface area contributed by atoms with Gasteiger partial charge in [0.25, 0.3) is 5.91 Å². The number of hydrogen-bond acceptors (Lipinski definition) is 5. The molecular weight excluding hydrogens is 324 g/mol. The number of hydrogen-bond donors (Lipinski definition) is 2. The molecule has 6 nitrogen and oxygen atoms in total. The fraction of sp³-hybridized carbons (Fsp3) is 0.412. The molecule has 24 heavy (non-hydrogen) atoms. The van der Waals surface area contributed by atoms with Crippen molar-refractivity contribution in [2.45, 2.75) is 33.6 Å². The first-order chi connectivity index (χ1) is 11.5. The van der Waals surface area contributed by atoms with E-state index in [1.54, 1.807) is 6.07 Å². The van der Waals surface area contributed by atoms with Crippen LogP contribution in [0.25, 0.3) is 0 Å². The number of rotatable bonds is 7. The van der Waals surface area contributed by atoms with Gasteiger partial charge in [-0.2, -0.15) is 0 Å². The average molecular weight is 346 g/mol. The molecule has 2 aromatic rings. The Morgan fingerprint density at radius 3 is 2.67 bits per heavy atom. The number of anilines is 1. The summed E-state index contributed by atoms with van der Waals surface area (Å²) in [6, 6.07) is 7.35. The topological polar surface area (TPSA) is 84.0 Å². The van der Waals surface area contributed by atoms with Crippen molar-refractivity contribution in [2.75, 3.05) is 11.9 Å². The molecule has 0 saturated carbocycles. The standard InChI is InChI=1S/C17H22N4O2S/c1-11(2)10-15-20-21-17(24-15)19-14(22)8-9-18-16(23)13-7-5-4-6-12(13)3/h4-7,11H,8-10H2,1-3H3,(H,18,23)(H,19,21,22).